The highest BCUT2D eigenvalue weighted by atomic mass is 32.2. The Labute approximate surface area is 145 Å². The molecule has 1 atom stereocenters. The lowest BCUT2D eigenvalue weighted by atomic mass is 10.2. The molecule has 0 aliphatic carbocycles. The van der Waals surface area contributed by atoms with Crippen molar-refractivity contribution in [2.75, 3.05) is 16.8 Å². The quantitative estimate of drug-likeness (QED) is 0.527. The van der Waals surface area contributed by atoms with Crippen LogP contribution in [0.4, 0.5) is 11.6 Å². The molecular weight excluding hydrogens is 328 g/mol. The molecule has 5 nitrogen and oxygen atoms in total. The van der Waals surface area contributed by atoms with Crippen molar-refractivity contribution in [3.05, 3.63) is 47.8 Å². The van der Waals surface area contributed by atoms with Crippen LogP contribution in [0.2, 0.25) is 0 Å². The first kappa shape index (κ1) is 17.6. The van der Waals surface area contributed by atoms with Gasteiger partial charge in [-0.05, 0) is 30.7 Å². The smallest absolute Gasteiger partial charge is 0.185 e. The van der Waals surface area contributed by atoms with Crippen LogP contribution in [-0.4, -0.2) is 26.2 Å². The van der Waals surface area contributed by atoms with Crippen molar-refractivity contribution in [3.8, 4) is 0 Å². The molecule has 7 heteroatoms. The summed E-state index contributed by atoms with van der Waals surface area (Å²) in [4.78, 5) is 19.8. The maximum absolute atomic E-state index is 10.9. The summed E-state index contributed by atoms with van der Waals surface area (Å²) >= 11 is 5.85. The van der Waals surface area contributed by atoms with Crippen molar-refractivity contribution in [3.63, 3.8) is 0 Å². The molecule has 2 heterocycles. The minimum Gasteiger partial charge on any atom is -0.384 e. The number of anilines is 2. The lowest BCUT2D eigenvalue weighted by Crippen LogP contribution is -2.17. The number of nitrogens with zero attached hydrogens (tertiary/aromatic N) is 2. The van der Waals surface area contributed by atoms with E-state index in [9.17, 15) is 4.79 Å². The molecule has 0 amide bonds. The van der Waals surface area contributed by atoms with E-state index in [4.69, 9.17) is 5.73 Å². The Morgan fingerprint density at radius 3 is 2.74 bits per heavy atom. The summed E-state index contributed by atoms with van der Waals surface area (Å²) in [5, 5.41) is 3.26. The Hall–Kier alpha value is -1.73. The van der Waals surface area contributed by atoms with Gasteiger partial charge in [0.15, 0.2) is 5.12 Å². The molecule has 0 spiro atoms. The molecule has 3 N–H and O–H groups in total. The molecule has 0 radical (unpaired) electrons. The molecular formula is C16H20N4OS2. The predicted molar refractivity (Wildman–Crippen MR) is 99.8 cm³/mol. The minimum absolute atomic E-state index is 0.112. The molecule has 0 saturated heterocycles. The third-order valence-corrected chi connectivity index (χ3v) is 4.14. The number of hydrogen-bond donors (Lipinski definition) is 3. The van der Waals surface area contributed by atoms with Gasteiger partial charge >= 0.3 is 0 Å². The van der Waals surface area contributed by atoms with E-state index in [-0.39, 0.29) is 10.5 Å². The van der Waals surface area contributed by atoms with E-state index in [1.54, 1.807) is 13.0 Å². The fraction of sp³-hybridized carbons (Fsp3) is 0.312. The second kappa shape index (κ2) is 8.79. The molecule has 0 saturated carbocycles. The summed E-state index contributed by atoms with van der Waals surface area (Å²) in [6.45, 7) is 1.58. The lowest BCUT2D eigenvalue weighted by molar-refractivity contribution is -0.109. The maximum Gasteiger partial charge on any atom is 0.185 e. The number of thiol groups is 1. The van der Waals surface area contributed by atoms with Crippen LogP contribution in [0.5, 0.6) is 0 Å². The summed E-state index contributed by atoms with van der Waals surface area (Å²) in [6, 6.07) is 11.4. The summed E-state index contributed by atoms with van der Waals surface area (Å²) in [5.74, 6) is 2.01. The van der Waals surface area contributed by atoms with Crippen LogP contribution >= 0.6 is 24.4 Å². The van der Waals surface area contributed by atoms with E-state index < -0.39 is 0 Å². The highest BCUT2D eigenvalue weighted by Crippen LogP contribution is 2.13. The number of nitrogens with two attached hydrogens (primary N) is 1. The van der Waals surface area contributed by atoms with Crippen LogP contribution in [0.3, 0.4) is 0 Å². The van der Waals surface area contributed by atoms with E-state index in [0.29, 0.717) is 12.2 Å². The minimum atomic E-state index is -0.112. The lowest BCUT2D eigenvalue weighted by Gasteiger charge is -2.14. The first-order valence-corrected chi connectivity index (χ1v) is 8.78. The maximum atomic E-state index is 10.9. The first-order valence-electron chi connectivity index (χ1n) is 7.28. The number of hydrogen-bond acceptors (Lipinski definition) is 7. The third kappa shape index (κ3) is 6.50. The van der Waals surface area contributed by atoms with Crippen molar-refractivity contribution in [2.45, 2.75) is 25.1 Å². The van der Waals surface area contributed by atoms with E-state index in [1.165, 1.54) is 11.8 Å². The van der Waals surface area contributed by atoms with Crippen LogP contribution in [0.15, 0.2) is 36.4 Å². The summed E-state index contributed by atoms with van der Waals surface area (Å²) < 4.78 is 0. The van der Waals surface area contributed by atoms with Crippen molar-refractivity contribution in [1.29, 1.82) is 0 Å². The molecule has 0 aromatic carbocycles. The zero-order valence-electron chi connectivity index (χ0n) is 12.9. The summed E-state index contributed by atoms with van der Waals surface area (Å²) in [7, 11) is 0. The summed E-state index contributed by atoms with van der Waals surface area (Å²) in [6.07, 6.45) is 1.40. The second-order valence-electron chi connectivity index (χ2n) is 5.02. The zero-order chi connectivity index (χ0) is 16.7. The number of carbonyl (C=O) groups excluding carboxylic acids is 1. The number of nitrogen functional groups attached to an aromatic ring is 1. The van der Waals surface area contributed by atoms with Gasteiger partial charge in [-0.25, -0.2) is 9.97 Å². The largest absolute Gasteiger partial charge is 0.384 e. The van der Waals surface area contributed by atoms with Gasteiger partial charge in [0.05, 0.1) is 5.37 Å². The SMILES string of the molecule is CC(=O)SCCc1cccc(NC(S)Cc2cccc(N)n2)n1. The fourth-order valence-electron chi connectivity index (χ4n) is 2.03. The van der Waals surface area contributed by atoms with Gasteiger partial charge in [-0.1, -0.05) is 23.9 Å². The van der Waals surface area contributed by atoms with Gasteiger partial charge in [-0.2, -0.15) is 12.6 Å². The number of thioether (sulfide) groups is 1. The predicted octanol–water partition coefficient (Wildman–Crippen LogP) is 2.79. The number of rotatable bonds is 7. The van der Waals surface area contributed by atoms with E-state index >= 15 is 0 Å². The number of aryl methyl sites for hydroxylation is 1. The molecule has 122 valence electrons. The van der Waals surface area contributed by atoms with Crippen LogP contribution in [0.1, 0.15) is 18.3 Å². The zero-order valence-corrected chi connectivity index (χ0v) is 14.6. The highest BCUT2D eigenvalue weighted by molar-refractivity contribution is 8.13. The van der Waals surface area contributed by atoms with Gasteiger partial charge in [0, 0.05) is 30.5 Å². The second-order valence-corrected chi connectivity index (χ2v) is 6.92. The Balaban J connectivity index is 1.90. The van der Waals surface area contributed by atoms with Crippen LogP contribution in [0.25, 0.3) is 0 Å². The first-order chi connectivity index (χ1) is 11.0. The standard InChI is InChI=1S/C16H20N4OS2/c1-11(21)23-9-8-12-4-3-7-15(19-12)20-16(22)10-13-5-2-6-14(17)18-13/h2-7,16,22H,8-10H2,1H3,(H2,17,18)(H,19,20). The molecule has 0 fully saturated rings. The monoisotopic (exact) mass is 348 g/mol. The van der Waals surface area contributed by atoms with Crippen LogP contribution < -0.4 is 11.1 Å². The molecule has 1 unspecified atom stereocenters. The van der Waals surface area contributed by atoms with Crippen molar-refractivity contribution in [1.82, 2.24) is 9.97 Å². The third-order valence-electron chi connectivity index (χ3n) is 3.02. The van der Waals surface area contributed by atoms with Gasteiger partial charge in [-0.3, -0.25) is 4.79 Å². The molecule has 0 bridgehead atoms. The van der Waals surface area contributed by atoms with Crippen molar-refractivity contribution < 1.29 is 4.79 Å². The average Bonchev–Trinajstić information content (AvgIpc) is 2.47. The normalized spacial score (nSPS) is 11.9. The fourth-order valence-corrected chi connectivity index (χ4v) is 2.95. The van der Waals surface area contributed by atoms with Gasteiger partial charge in [0.1, 0.15) is 11.6 Å². The molecule has 2 rings (SSSR count). The topological polar surface area (TPSA) is 80.9 Å². The van der Waals surface area contributed by atoms with Crippen LogP contribution in [0, 0.1) is 0 Å². The highest BCUT2D eigenvalue weighted by Gasteiger charge is 2.07. The molecule has 0 aliphatic rings. The van der Waals surface area contributed by atoms with Gasteiger partial charge in [0.2, 0.25) is 0 Å². The number of carbonyl (C=O) groups is 1. The Bertz CT molecular complexity index is 666. The Kier molecular flexibility index (Phi) is 6.73. The van der Waals surface area contributed by atoms with Crippen LogP contribution in [-0.2, 0) is 17.6 Å². The number of pyridine rings is 2. The Morgan fingerprint density at radius 1 is 1.26 bits per heavy atom. The number of nitrogens with one attached hydrogen (secondary N) is 1. The molecule has 23 heavy (non-hydrogen) atoms. The molecule has 2 aromatic rings. The van der Waals surface area contributed by atoms with E-state index in [0.717, 1.165) is 29.4 Å². The van der Waals surface area contributed by atoms with E-state index in [1.807, 2.05) is 30.3 Å². The average molecular weight is 348 g/mol. The summed E-state index contributed by atoms with van der Waals surface area (Å²) in [5.41, 5.74) is 7.51. The molecule has 2 aromatic heterocycles. The van der Waals surface area contributed by atoms with Gasteiger partial charge < -0.3 is 11.1 Å². The Morgan fingerprint density at radius 2 is 2.00 bits per heavy atom. The molecule has 0 aliphatic heterocycles. The number of aromatic nitrogens is 2. The van der Waals surface area contributed by atoms with Gasteiger partial charge in [-0.15, -0.1) is 0 Å². The van der Waals surface area contributed by atoms with Gasteiger partial charge in [0.25, 0.3) is 0 Å². The van der Waals surface area contributed by atoms with Crippen molar-refractivity contribution in [2.24, 2.45) is 0 Å². The van der Waals surface area contributed by atoms with Crippen molar-refractivity contribution >= 4 is 41.1 Å². The van der Waals surface area contributed by atoms with E-state index in [2.05, 4.69) is 27.9 Å².